The smallest absolute Gasteiger partial charge is 0.229 e. The predicted octanol–water partition coefficient (Wildman–Crippen LogP) is 6.47. The Kier molecular flexibility index (Phi) is 8.78. The highest BCUT2D eigenvalue weighted by Gasteiger charge is 2.50. The van der Waals surface area contributed by atoms with Crippen LogP contribution in [0.5, 0.6) is 0 Å². The first-order valence-electron chi connectivity index (χ1n) is 10.5. The summed E-state index contributed by atoms with van der Waals surface area (Å²) in [6, 6.07) is 7.40. The van der Waals surface area contributed by atoms with Crippen LogP contribution in [-0.4, -0.2) is 34.6 Å². The maximum absolute atomic E-state index is 13.8. The van der Waals surface area contributed by atoms with Crippen LogP contribution in [0.3, 0.4) is 0 Å². The maximum atomic E-state index is 13.8. The van der Waals surface area contributed by atoms with Gasteiger partial charge in [0.25, 0.3) is 0 Å². The first-order valence-corrected chi connectivity index (χ1v) is 11.2. The Bertz CT molecular complexity index is 824. The van der Waals surface area contributed by atoms with Crippen LogP contribution in [0.15, 0.2) is 59.7 Å². The van der Waals surface area contributed by atoms with Crippen LogP contribution in [0.2, 0.25) is 5.02 Å². The molecule has 1 amide bonds. The molecule has 1 unspecified atom stereocenters. The molecule has 1 fully saturated rings. The Labute approximate surface area is 191 Å². The van der Waals surface area contributed by atoms with E-state index in [4.69, 9.17) is 23.2 Å². The number of aliphatic hydroxyl groups is 1. The highest BCUT2D eigenvalue weighted by atomic mass is 35.5. The van der Waals surface area contributed by atoms with Gasteiger partial charge in [-0.05, 0) is 56.9 Å². The number of nitrogens with zero attached hydrogens (tertiary/aromatic N) is 1. The van der Waals surface area contributed by atoms with Crippen molar-refractivity contribution in [2.45, 2.75) is 65.0 Å². The van der Waals surface area contributed by atoms with E-state index in [1.165, 1.54) is 0 Å². The lowest BCUT2D eigenvalue weighted by atomic mass is 9.67. The zero-order valence-corrected chi connectivity index (χ0v) is 19.9. The highest BCUT2D eigenvalue weighted by molar-refractivity contribution is 6.30. The van der Waals surface area contributed by atoms with Crippen molar-refractivity contribution < 1.29 is 9.90 Å². The number of carbonyl (C=O) groups is 1. The fourth-order valence-corrected chi connectivity index (χ4v) is 4.79. The molecule has 1 aliphatic rings. The molecular weight excluding hydrogens is 417 g/mol. The van der Waals surface area contributed by atoms with E-state index < -0.39 is 5.41 Å². The number of amides is 1. The van der Waals surface area contributed by atoms with Crippen LogP contribution in [0.1, 0.15) is 58.4 Å². The normalized spacial score (nSPS) is 26.6. The molecule has 0 aliphatic carbocycles. The number of halogens is 2. The van der Waals surface area contributed by atoms with Gasteiger partial charge in [0.2, 0.25) is 5.91 Å². The molecule has 1 N–H and O–H groups in total. The number of hydrogen-bond acceptors (Lipinski definition) is 2. The molecule has 3 nitrogen and oxygen atoms in total. The summed E-state index contributed by atoms with van der Waals surface area (Å²) in [6.45, 7) is 11.7. The van der Waals surface area contributed by atoms with Gasteiger partial charge < -0.3 is 10.0 Å². The van der Waals surface area contributed by atoms with Crippen LogP contribution < -0.4 is 0 Å². The topological polar surface area (TPSA) is 40.5 Å². The van der Waals surface area contributed by atoms with E-state index in [-0.39, 0.29) is 30.5 Å². The molecule has 5 heteroatoms. The Hall–Kier alpha value is -1.55. The molecule has 164 valence electrons. The van der Waals surface area contributed by atoms with Crippen LogP contribution >= 0.6 is 23.2 Å². The number of hydrogen-bond donors (Lipinski definition) is 1. The minimum atomic E-state index is -0.591. The molecular formula is C25H33Cl2NO2. The summed E-state index contributed by atoms with van der Waals surface area (Å²) >= 11 is 12.4. The van der Waals surface area contributed by atoms with Crippen molar-refractivity contribution in [1.82, 2.24) is 4.90 Å². The second-order valence-electron chi connectivity index (χ2n) is 8.49. The fraction of sp³-hybridized carbons (Fsp3) is 0.480. The molecule has 0 spiro atoms. The number of rotatable bonds is 8. The molecule has 1 aromatic rings. The lowest BCUT2D eigenvalue weighted by Crippen LogP contribution is -2.60. The van der Waals surface area contributed by atoms with E-state index in [2.05, 4.69) is 12.6 Å². The number of likely N-dealkylation sites (tertiary alicyclic amines) is 1. The molecule has 2 rings (SSSR count). The largest absolute Gasteiger partial charge is 0.394 e. The number of piperidine rings is 1. The van der Waals surface area contributed by atoms with Gasteiger partial charge in [-0.2, -0.15) is 0 Å². The molecule has 4 atom stereocenters. The third-order valence-electron chi connectivity index (χ3n) is 6.09. The number of aliphatic hydroxyl groups excluding tert-OH is 1. The molecule has 0 radical (unpaired) electrons. The molecule has 0 aromatic heterocycles. The van der Waals surface area contributed by atoms with E-state index in [0.717, 1.165) is 11.1 Å². The third-order valence-corrected chi connectivity index (χ3v) is 6.45. The van der Waals surface area contributed by atoms with Crippen LogP contribution in [0.4, 0.5) is 0 Å². The van der Waals surface area contributed by atoms with Gasteiger partial charge in [0.05, 0.1) is 24.1 Å². The maximum Gasteiger partial charge on any atom is 0.229 e. The van der Waals surface area contributed by atoms with Crippen LogP contribution in [-0.2, 0) is 4.79 Å². The van der Waals surface area contributed by atoms with Gasteiger partial charge in [-0.15, -0.1) is 6.58 Å². The van der Waals surface area contributed by atoms with Gasteiger partial charge in [-0.1, -0.05) is 66.9 Å². The Morgan fingerprint density at radius 3 is 2.63 bits per heavy atom. The molecule has 1 aromatic carbocycles. The van der Waals surface area contributed by atoms with E-state index in [1.54, 1.807) is 0 Å². The second-order valence-corrected chi connectivity index (χ2v) is 9.52. The first kappa shape index (κ1) is 24.7. The van der Waals surface area contributed by atoms with Crippen molar-refractivity contribution in [3.8, 4) is 0 Å². The molecule has 0 saturated carbocycles. The molecule has 1 saturated heterocycles. The lowest BCUT2D eigenvalue weighted by molar-refractivity contribution is -0.153. The standard InChI is InChI=1S/C25H33Cl2NO2/c1-6-13-25(5)15-22(19-9-8-10-20(27)14-19)23(17(3)11-12-18(4)26)28(24(25)30)21(7-2)16-29/h6,8-12,14,21-23,29H,1,7,13,15-16H2,2-5H3/b17-11+,18-12+/t21-,22?,23+,25-/m0/s1. The predicted molar refractivity (Wildman–Crippen MR) is 127 cm³/mol. The lowest BCUT2D eigenvalue weighted by Gasteiger charge is -2.52. The van der Waals surface area contributed by atoms with Gasteiger partial charge in [0.1, 0.15) is 0 Å². The minimum Gasteiger partial charge on any atom is -0.394 e. The van der Waals surface area contributed by atoms with E-state index >= 15 is 0 Å². The van der Waals surface area contributed by atoms with Crippen molar-refractivity contribution in [2.24, 2.45) is 5.41 Å². The summed E-state index contributed by atoms with van der Waals surface area (Å²) in [5.74, 6) is 0.0955. The van der Waals surface area contributed by atoms with Gasteiger partial charge in [0.15, 0.2) is 0 Å². The fourth-order valence-electron chi connectivity index (χ4n) is 4.53. The van der Waals surface area contributed by atoms with Crippen molar-refractivity contribution in [1.29, 1.82) is 0 Å². The zero-order chi connectivity index (χ0) is 22.5. The van der Waals surface area contributed by atoms with Crippen molar-refractivity contribution in [3.05, 3.63) is 70.3 Å². The zero-order valence-electron chi connectivity index (χ0n) is 18.4. The van der Waals surface area contributed by atoms with E-state index in [9.17, 15) is 9.90 Å². The van der Waals surface area contributed by atoms with Crippen molar-refractivity contribution in [3.63, 3.8) is 0 Å². The monoisotopic (exact) mass is 449 g/mol. The summed E-state index contributed by atoms with van der Waals surface area (Å²) in [4.78, 5) is 15.7. The van der Waals surface area contributed by atoms with E-state index in [0.29, 0.717) is 29.3 Å². The number of allylic oxidation sites excluding steroid dienone is 4. The summed E-state index contributed by atoms with van der Waals surface area (Å²) < 4.78 is 0. The minimum absolute atomic E-state index is 0.0345. The summed E-state index contributed by atoms with van der Waals surface area (Å²) in [6.07, 6.45) is 7.57. The van der Waals surface area contributed by atoms with Gasteiger partial charge in [-0.25, -0.2) is 0 Å². The third kappa shape index (κ3) is 5.38. The van der Waals surface area contributed by atoms with Crippen molar-refractivity contribution >= 4 is 29.1 Å². The average molecular weight is 450 g/mol. The Morgan fingerprint density at radius 2 is 2.10 bits per heavy atom. The summed E-state index contributed by atoms with van der Waals surface area (Å²) in [7, 11) is 0. The SMILES string of the molecule is C=CC[C@@]1(C)CC(c2cccc(Cl)c2)[C@@H](/C(C)=C/C=C(\C)Cl)N([C@@H](CC)CO)C1=O. The summed E-state index contributed by atoms with van der Waals surface area (Å²) in [5, 5.41) is 11.5. The van der Waals surface area contributed by atoms with Crippen LogP contribution in [0, 0.1) is 5.41 Å². The highest BCUT2D eigenvalue weighted by Crippen LogP contribution is 2.48. The Morgan fingerprint density at radius 1 is 1.40 bits per heavy atom. The molecule has 1 aliphatic heterocycles. The van der Waals surface area contributed by atoms with Crippen molar-refractivity contribution in [2.75, 3.05) is 6.61 Å². The quantitative estimate of drug-likeness (QED) is 0.364. The second kappa shape index (κ2) is 10.7. The molecule has 1 heterocycles. The summed E-state index contributed by atoms with van der Waals surface area (Å²) in [5.41, 5.74) is 1.53. The number of benzene rings is 1. The average Bonchev–Trinajstić information content (AvgIpc) is 2.70. The first-order chi connectivity index (χ1) is 14.2. The number of carbonyl (C=O) groups excluding carboxylic acids is 1. The molecule has 0 bridgehead atoms. The van der Waals surface area contributed by atoms with Gasteiger partial charge in [-0.3, -0.25) is 4.79 Å². The van der Waals surface area contributed by atoms with Gasteiger partial charge in [0, 0.05) is 16.0 Å². The van der Waals surface area contributed by atoms with Gasteiger partial charge >= 0.3 is 0 Å². The molecule has 30 heavy (non-hydrogen) atoms. The Balaban J connectivity index is 2.72. The van der Waals surface area contributed by atoms with Crippen LogP contribution in [0.25, 0.3) is 0 Å². The van der Waals surface area contributed by atoms with E-state index in [1.807, 2.05) is 69.0 Å².